The fourth-order valence-electron chi connectivity index (χ4n) is 4.03. The van der Waals surface area contributed by atoms with E-state index >= 15 is 0 Å². The molecule has 0 unspecified atom stereocenters. The number of carbonyl (C=O) groups excluding carboxylic acids is 2. The zero-order chi connectivity index (χ0) is 25.1. The third-order valence-corrected chi connectivity index (χ3v) is 7.31. The van der Waals surface area contributed by atoms with Crippen LogP contribution in [0, 0.1) is 0 Å². The van der Waals surface area contributed by atoms with Gasteiger partial charge in [0.1, 0.15) is 6.61 Å². The Bertz CT molecular complexity index is 1480. The summed E-state index contributed by atoms with van der Waals surface area (Å²) in [6.07, 6.45) is 1.71. The summed E-state index contributed by atoms with van der Waals surface area (Å²) >= 11 is 4.34. The molecule has 4 aromatic rings. The number of halogens is 1. The lowest BCUT2D eigenvalue weighted by Gasteiger charge is -2.13. The molecule has 5 nitrogen and oxygen atoms in total. The Labute approximate surface area is 221 Å². The lowest BCUT2D eigenvalue weighted by atomic mass is 10.1. The quantitative estimate of drug-likeness (QED) is 0.220. The van der Waals surface area contributed by atoms with Crippen molar-refractivity contribution in [2.45, 2.75) is 13.2 Å². The minimum absolute atomic E-state index is 0.236. The molecule has 0 N–H and O–H groups in total. The zero-order valence-electron chi connectivity index (χ0n) is 19.4. The molecular formula is C29H22BrNO4S. The van der Waals surface area contributed by atoms with E-state index in [0.717, 1.165) is 43.7 Å². The number of thioether (sulfide) groups is 1. The van der Waals surface area contributed by atoms with Gasteiger partial charge in [-0.25, -0.2) is 0 Å². The first-order valence-corrected chi connectivity index (χ1v) is 12.9. The highest BCUT2D eigenvalue weighted by Crippen LogP contribution is 2.35. The number of hydrogen-bond donors (Lipinski definition) is 0. The summed E-state index contributed by atoms with van der Waals surface area (Å²) in [6.45, 7) is 0.631. The smallest absolute Gasteiger partial charge is 0.293 e. The second-order valence-electron chi connectivity index (χ2n) is 8.23. The van der Waals surface area contributed by atoms with Crippen LogP contribution < -0.4 is 9.47 Å². The summed E-state index contributed by atoms with van der Waals surface area (Å²) in [5.41, 5.74) is 2.72. The van der Waals surface area contributed by atoms with Crippen LogP contribution in [-0.2, 0) is 17.9 Å². The van der Waals surface area contributed by atoms with Crippen LogP contribution in [0.15, 0.2) is 94.3 Å². The molecule has 36 heavy (non-hydrogen) atoms. The van der Waals surface area contributed by atoms with Gasteiger partial charge in [0.25, 0.3) is 11.1 Å². The summed E-state index contributed by atoms with van der Waals surface area (Å²) in [5.74, 6) is 0.854. The maximum Gasteiger partial charge on any atom is 0.293 e. The predicted octanol–water partition coefficient (Wildman–Crippen LogP) is 7.43. The standard InChI is InChI=1S/C29H22BrNO4S/c1-34-26-15-20(11-14-25(26)35-18-22-7-4-6-21-5-2-3-8-24(21)22)16-27-28(32)31(29(33)36-27)17-19-9-12-23(30)13-10-19/h2-16H,17-18H2,1H3/b27-16-. The third-order valence-electron chi connectivity index (χ3n) is 5.88. The fraction of sp³-hybridized carbons (Fsp3) is 0.103. The Morgan fingerprint density at radius 2 is 1.69 bits per heavy atom. The highest BCUT2D eigenvalue weighted by Gasteiger charge is 2.35. The molecule has 0 aliphatic carbocycles. The lowest BCUT2D eigenvalue weighted by Crippen LogP contribution is -2.27. The van der Waals surface area contributed by atoms with Crippen molar-refractivity contribution in [1.29, 1.82) is 0 Å². The predicted molar refractivity (Wildman–Crippen MR) is 147 cm³/mol. The zero-order valence-corrected chi connectivity index (χ0v) is 21.8. The molecule has 1 heterocycles. The monoisotopic (exact) mass is 559 g/mol. The van der Waals surface area contributed by atoms with Gasteiger partial charge in [0.15, 0.2) is 11.5 Å². The Morgan fingerprint density at radius 3 is 2.50 bits per heavy atom. The Hall–Kier alpha value is -3.55. The Morgan fingerprint density at radius 1 is 0.917 bits per heavy atom. The molecule has 0 saturated carbocycles. The Balaban J connectivity index is 1.32. The van der Waals surface area contributed by atoms with E-state index in [1.54, 1.807) is 19.3 Å². The van der Waals surface area contributed by atoms with Crippen LogP contribution in [0.5, 0.6) is 11.5 Å². The highest BCUT2D eigenvalue weighted by molar-refractivity contribution is 9.10. The van der Waals surface area contributed by atoms with Crippen molar-refractivity contribution in [3.05, 3.63) is 111 Å². The molecule has 7 heteroatoms. The van der Waals surface area contributed by atoms with Crippen molar-refractivity contribution in [3.63, 3.8) is 0 Å². The maximum absolute atomic E-state index is 12.9. The van der Waals surface area contributed by atoms with Crippen molar-refractivity contribution in [3.8, 4) is 11.5 Å². The van der Waals surface area contributed by atoms with Gasteiger partial charge in [-0.3, -0.25) is 14.5 Å². The molecule has 180 valence electrons. The first kappa shape index (κ1) is 24.2. The van der Waals surface area contributed by atoms with Crippen LogP contribution >= 0.6 is 27.7 Å². The normalized spacial score (nSPS) is 14.6. The number of hydrogen-bond acceptors (Lipinski definition) is 5. The number of nitrogens with zero attached hydrogens (tertiary/aromatic N) is 1. The van der Waals surface area contributed by atoms with Gasteiger partial charge in [0.05, 0.1) is 18.6 Å². The summed E-state index contributed by atoms with van der Waals surface area (Å²) in [6, 6.07) is 27.4. The van der Waals surface area contributed by atoms with E-state index in [1.165, 1.54) is 4.90 Å². The van der Waals surface area contributed by atoms with Crippen LogP contribution in [0.2, 0.25) is 0 Å². The van der Waals surface area contributed by atoms with Crippen LogP contribution in [0.3, 0.4) is 0 Å². The molecule has 1 fully saturated rings. The minimum Gasteiger partial charge on any atom is -0.493 e. The van der Waals surface area contributed by atoms with Gasteiger partial charge < -0.3 is 9.47 Å². The van der Waals surface area contributed by atoms with E-state index in [9.17, 15) is 9.59 Å². The number of amides is 2. The topological polar surface area (TPSA) is 55.8 Å². The van der Waals surface area contributed by atoms with Crippen molar-refractivity contribution in [2.75, 3.05) is 7.11 Å². The molecule has 1 saturated heterocycles. The number of ether oxygens (including phenoxy) is 2. The van der Waals surface area contributed by atoms with E-state index in [2.05, 4.69) is 34.1 Å². The highest BCUT2D eigenvalue weighted by atomic mass is 79.9. The molecule has 0 radical (unpaired) electrons. The molecule has 5 rings (SSSR count). The number of rotatable bonds is 7. The van der Waals surface area contributed by atoms with Gasteiger partial charge in [-0.1, -0.05) is 76.6 Å². The lowest BCUT2D eigenvalue weighted by molar-refractivity contribution is -0.123. The Kier molecular flexibility index (Phi) is 7.11. The number of carbonyl (C=O) groups is 2. The fourth-order valence-corrected chi connectivity index (χ4v) is 5.13. The second kappa shape index (κ2) is 10.6. The number of imide groups is 1. The van der Waals surface area contributed by atoms with E-state index in [0.29, 0.717) is 23.0 Å². The number of methoxy groups -OCH3 is 1. The van der Waals surface area contributed by atoms with Gasteiger partial charge in [0.2, 0.25) is 0 Å². The molecule has 0 bridgehead atoms. The van der Waals surface area contributed by atoms with Crippen LogP contribution in [0.25, 0.3) is 16.8 Å². The molecular weight excluding hydrogens is 538 g/mol. The molecule has 2 amide bonds. The summed E-state index contributed by atoms with van der Waals surface area (Å²) in [4.78, 5) is 27.1. The van der Waals surface area contributed by atoms with Gasteiger partial charge in [-0.2, -0.15) is 0 Å². The van der Waals surface area contributed by atoms with Crippen molar-refractivity contribution in [2.24, 2.45) is 0 Å². The van der Waals surface area contributed by atoms with Crippen LogP contribution in [0.1, 0.15) is 16.7 Å². The maximum atomic E-state index is 12.9. The number of fused-ring (bicyclic) bond motifs is 1. The van der Waals surface area contributed by atoms with Gasteiger partial charge >= 0.3 is 0 Å². The average molecular weight is 560 g/mol. The SMILES string of the molecule is COc1cc(/C=C2\SC(=O)N(Cc3ccc(Br)cc3)C2=O)ccc1OCc1cccc2ccccc12. The third kappa shape index (κ3) is 5.17. The van der Waals surface area contributed by atoms with E-state index in [1.807, 2.05) is 60.7 Å². The second-order valence-corrected chi connectivity index (χ2v) is 10.1. The molecule has 1 aliphatic heterocycles. The van der Waals surface area contributed by atoms with E-state index in [-0.39, 0.29) is 17.7 Å². The number of benzene rings is 4. The first-order valence-electron chi connectivity index (χ1n) is 11.3. The summed E-state index contributed by atoms with van der Waals surface area (Å²) < 4.78 is 12.6. The molecule has 0 spiro atoms. The minimum atomic E-state index is -0.303. The van der Waals surface area contributed by atoms with Crippen molar-refractivity contribution in [1.82, 2.24) is 4.90 Å². The van der Waals surface area contributed by atoms with Crippen molar-refractivity contribution >= 4 is 55.7 Å². The molecule has 4 aromatic carbocycles. The van der Waals surface area contributed by atoms with Gasteiger partial charge in [-0.05, 0) is 69.6 Å². The molecule has 1 aliphatic rings. The summed E-state index contributed by atoms with van der Waals surface area (Å²) in [5, 5.41) is 2.03. The van der Waals surface area contributed by atoms with Gasteiger partial charge in [-0.15, -0.1) is 0 Å². The van der Waals surface area contributed by atoms with E-state index < -0.39 is 0 Å². The average Bonchev–Trinajstić information content (AvgIpc) is 3.16. The molecule has 0 atom stereocenters. The first-order chi connectivity index (χ1) is 17.5. The summed E-state index contributed by atoms with van der Waals surface area (Å²) in [7, 11) is 1.58. The van der Waals surface area contributed by atoms with Gasteiger partial charge in [0, 0.05) is 4.47 Å². The van der Waals surface area contributed by atoms with E-state index in [4.69, 9.17) is 9.47 Å². The van der Waals surface area contributed by atoms with Crippen LogP contribution in [-0.4, -0.2) is 23.2 Å². The van der Waals surface area contributed by atoms with Crippen molar-refractivity contribution < 1.29 is 19.1 Å². The molecule has 0 aromatic heterocycles. The largest absolute Gasteiger partial charge is 0.493 e. The van der Waals surface area contributed by atoms with Crippen LogP contribution in [0.4, 0.5) is 4.79 Å².